The van der Waals surface area contributed by atoms with E-state index in [1.165, 1.54) is 0 Å². The molecule has 0 amide bonds. The molecule has 17 heavy (non-hydrogen) atoms. The highest BCUT2D eigenvalue weighted by atomic mass is 16.4. The molecule has 3 N–H and O–H groups in total. The predicted molar refractivity (Wildman–Crippen MR) is 68.0 cm³/mol. The maximum absolute atomic E-state index is 10.8. The lowest BCUT2D eigenvalue weighted by molar-refractivity contribution is -0.138. The van der Waals surface area contributed by atoms with E-state index in [4.69, 9.17) is 10.8 Å². The summed E-state index contributed by atoms with van der Waals surface area (Å²) in [6.07, 6.45) is 0.364. The zero-order valence-electron chi connectivity index (χ0n) is 9.68. The van der Waals surface area contributed by atoms with Crippen LogP contribution >= 0.6 is 0 Å². The van der Waals surface area contributed by atoms with Crippen LogP contribution in [0.2, 0.25) is 0 Å². The fourth-order valence-electron chi connectivity index (χ4n) is 2.02. The van der Waals surface area contributed by atoms with Crippen molar-refractivity contribution in [2.24, 2.45) is 5.73 Å². The molecule has 0 saturated heterocycles. The summed E-state index contributed by atoms with van der Waals surface area (Å²) in [7, 11) is 0. The van der Waals surface area contributed by atoms with Gasteiger partial charge < -0.3 is 10.8 Å². The van der Waals surface area contributed by atoms with Gasteiger partial charge in [0.05, 0.1) is 0 Å². The standard InChI is InChI=1S/C14H15NO2/c1-9-6-7-10-4-2-3-5-11(10)12(9)8-13(15)14(16)17/h2-7,13H,8,15H2,1H3,(H,16,17)/t13-/m1/s1. The summed E-state index contributed by atoms with van der Waals surface area (Å²) < 4.78 is 0. The van der Waals surface area contributed by atoms with Gasteiger partial charge in [0.25, 0.3) is 0 Å². The number of carboxylic acid groups (broad SMARTS) is 1. The third-order valence-electron chi connectivity index (χ3n) is 3.02. The molecule has 0 fully saturated rings. The van der Waals surface area contributed by atoms with Gasteiger partial charge in [0.15, 0.2) is 0 Å². The van der Waals surface area contributed by atoms with Crippen molar-refractivity contribution < 1.29 is 9.90 Å². The summed E-state index contributed by atoms with van der Waals surface area (Å²) in [6.45, 7) is 1.98. The van der Waals surface area contributed by atoms with Crippen LogP contribution in [0.5, 0.6) is 0 Å². The SMILES string of the molecule is Cc1ccc2ccccc2c1C[C@@H](N)C(=O)O. The van der Waals surface area contributed by atoms with Crippen molar-refractivity contribution >= 4 is 16.7 Å². The number of hydrogen-bond donors (Lipinski definition) is 2. The Bertz CT molecular complexity index is 563. The average Bonchev–Trinajstić information content (AvgIpc) is 2.32. The number of aryl methyl sites for hydroxylation is 1. The van der Waals surface area contributed by atoms with Crippen LogP contribution < -0.4 is 5.73 Å². The number of nitrogens with two attached hydrogens (primary N) is 1. The Morgan fingerprint density at radius 2 is 2.00 bits per heavy atom. The fourth-order valence-corrected chi connectivity index (χ4v) is 2.02. The van der Waals surface area contributed by atoms with E-state index >= 15 is 0 Å². The smallest absolute Gasteiger partial charge is 0.320 e. The second-order valence-electron chi connectivity index (χ2n) is 4.23. The van der Waals surface area contributed by atoms with E-state index in [0.717, 1.165) is 21.9 Å². The van der Waals surface area contributed by atoms with Gasteiger partial charge in [0, 0.05) is 0 Å². The Morgan fingerprint density at radius 3 is 2.71 bits per heavy atom. The van der Waals surface area contributed by atoms with Gasteiger partial charge >= 0.3 is 5.97 Å². The highest BCUT2D eigenvalue weighted by Gasteiger charge is 2.15. The molecule has 3 nitrogen and oxygen atoms in total. The molecule has 0 heterocycles. The maximum Gasteiger partial charge on any atom is 0.320 e. The first-order chi connectivity index (χ1) is 8.09. The van der Waals surface area contributed by atoms with E-state index in [1.807, 2.05) is 43.3 Å². The van der Waals surface area contributed by atoms with Gasteiger partial charge in [-0.25, -0.2) is 0 Å². The average molecular weight is 229 g/mol. The second-order valence-corrected chi connectivity index (χ2v) is 4.23. The Morgan fingerprint density at radius 1 is 1.29 bits per heavy atom. The molecule has 0 radical (unpaired) electrons. The molecular weight excluding hydrogens is 214 g/mol. The van der Waals surface area contributed by atoms with E-state index in [1.54, 1.807) is 0 Å². The molecule has 1 atom stereocenters. The largest absolute Gasteiger partial charge is 0.480 e. The van der Waals surface area contributed by atoms with E-state index in [9.17, 15) is 4.79 Å². The molecule has 2 aromatic carbocycles. The van der Waals surface area contributed by atoms with Crippen LogP contribution in [0, 0.1) is 6.92 Å². The Balaban J connectivity index is 2.51. The van der Waals surface area contributed by atoms with E-state index in [-0.39, 0.29) is 0 Å². The number of fused-ring (bicyclic) bond motifs is 1. The number of benzene rings is 2. The quantitative estimate of drug-likeness (QED) is 0.847. The van der Waals surface area contributed by atoms with Crippen molar-refractivity contribution in [2.45, 2.75) is 19.4 Å². The zero-order chi connectivity index (χ0) is 12.4. The van der Waals surface area contributed by atoms with Crippen LogP contribution in [0.4, 0.5) is 0 Å². The Labute approximate surface area is 99.9 Å². The van der Waals surface area contributed by atoms with Gasteiger partial charge in [-0.3, -0.25) is 4.79 Å². The highest BCUT2D eigenvalue weighted by molar-refractivity contribution is 5.87. The summed E-state index contributed by atoms with van der Waals surface area (Å²) in [5.41, 5.74) is 7.72. The predicted octanol–water partition coefficient (Wildman–Crippen LogP) is 2.10. The Kier molecular flexibility index (Phi) is 3.11. The van der Waals surface area contributed by atoms with Crippen molar-refractivity contribution in [3.8, 4) is 0 Å². The fraction of sp³-hybridized carbons (Fsp3) is 0.214. The molecule has 0 aromatic heterocycles. The first-order valence-corrected chi connectivity index (χ1v) is 5.55. The van der Waals surface area contributed by atoms with Crippen molar-refractivity contribution in [3.63, 3.8) is 0 Å². The van der Waals surface area contributed by atoms with Crippen LogP contribution in [0.3, 0.4) is 0 Å². The van der Waals surface area contributed by atoms with Gasteiger partial charge in [0.1, 0.15) is 6.04 Å². The minimum Gasteiger partial charge on any atom is -0.480 e. The summed E-state index contributed by atoms with van der Waals surface area (Å²) >= 11 is 0. The van der Waals surface area contributed by atoms with Gasteiger partial charge in [-0.2, -0.15) is 0 Å². The van der Waals surface area contributed by atoms with Gasteiger partial charge in [-0.15, -0.1) is 0 Å². The number of hydrogen-bond acceptors (Lipinski definition) is 2. The normalized spacial score (nSPS) is 12.6. The lowest BCUT2D eigenvalue weighted by Gasteiger charge is -2.12. The molecule has 0 saturated carbocycles. The van der Waals surface area contributed by atoms with Crippen molar-refractivity contribution in [1.82, 2.24) is 0 Å². The number of carboxylic acids is 1. The van der Waals surface area contributed by atoms with Crippen molar-refractivity contribution in [2.75, 3.05) is 0 Å². The molecule has 3 heteroatoms. The summed E-state index contributed by atoms with van der Waals surface area (Å²) in [5, 5.41) is 11.1. The minimum atomic E-state index is -0.961. The molecule has 0 spiro atoms. The van der Waals surface area contributed by atoms with E-state index in [0.29, 0.717) is 6.42 Å². The van der Waals surface area contributed by atoms with Crippen LogP contribution in [-0.4, -0.2) is 17.1 Å². The summed E-state index contributed by atoms with van der Waals surface area (Å²) in [6, 6.07) is 11.2. The molecule has 0 bridgehead atoms. The third-order valence-corrected chi connectivity index (χ3v) is 3.02. The van der Waals surface area contributed by atoms with E-state index < -0.39 is 12.0 Å². The van der Waals surface area contributed by atoms with Crippen LogP contribution in [0.1, 0.15) is 11.1 Å². The third kappa shape index (κ3) is 2.29. The second kappa shape index (κ2) is 4.55. The van der Waals surface area contributed by atoms with Gasteiger partial charge in [0.2, 0.25) is 0 Å². The Hall–Kier alpha value is -1.87. The molecule has 0 unspecified atom stereocenters. The lowest BCUT2D eigenvalue weighted by atomic mass is 9.95. The van der Waals surface area contributed by atoms with Crippen molar-refractivity contribution in [3.05, 3.63) is 47.5 Å². The number of rotatable bonds is 3. The summed E-state index contributed by atoms with van der Waals surface area (Å²) in [5.74, 6) is -0.961. The molecule has 0 aliphatic rings. The lowest BCUT2D eigenvalue weighted by Crippen LogP contribution is -2.32. The van der Waals surface area contributed by atoms with Crippen LogP contribution in [0.15, 0.2) is 36.4 Å². The highest BCUT2D eigenvalue weighted by Crippen LogP contribution is 2.23. The maximum atomic E-state index is 10.8. The molecule has 2 aromatic rings. The summed E-state index contributed by atoms with van der Waals surface area (Å²) in [4.78, 5) is 10.8. The molecule has 88 valence electrons. The monoisotopic (exact) mass is 229 g/mol. The van der Waals surface area contributed by atoms with Crippen LogP contribution in [0.25, 0.3) is 10.8 Å². The first kappa shape index (κ1) is 11.6. The van der Waals surface area contributed by atoms with E-state index in [2.05, 4.69) is 0 Å². The zero-order valence-corrected chi connectivity index (χ0v) is 9.68. The van der Waals surface area contributed by atoms with Crippen LogP contribution in [-0.2, 0) is 11.2 Å². The van der Waals surface area contributed by atoms with Gasteiger partial charge in [-0.1, -0.05) is 36.4 Å². The molecule has 2 rings (SSSR count). The minimum absolute atomic E-state index is 0.364. The molecular formula is C14H15NO2. The topological polar surface area (TPSA) is 63.3 Å². The van der Waals surface area contributed by atoms with Crippen molar-refractivity contribution in [1.29, 1.82) is 0 Å². The van der Waals surface area contributed by atoms with Gasteiger partial charge in [-0.05, 0) is 35.2 Å². The molecule has 0 aliphatic heterocycles. The number of aliphatic carboxylic acids is 1. The first-order valence-electron chi connectivity index (χ1n) is 5.55. The number of carbonyl (C=O) groups is 1. The molecule has 0 aliphatic carbocycles.